The van der Waals surface area contributed by atoms with E-state index in [1.165, 1.54) is 4.90 Å². The smallest absolute Gasteiger partial charge is 0.270 e. The summed E-state index contributed by atoms with van der Waals surface area (Å²) in [6, 6.07) is 16.4. The first-order valence-electron chi connectivity index (χ1n) is 12.5. The monoisotopic (exact) mass is 505 g/mol. The lowest BCUT2D eigenvalue weighted by atomic mass is 10.1. The van der Waals surface area contributed by atoms with Crippen LogP contribution in [0.3, 0.4) is 0 Å². The van der Waals surface area contributed by atoms with Crippen LogP contribution in [-0.4, -0.2) is 83.3 Å². The van der Waals surface area contributed by atoms with E-state index in [2.05, 4.69) is 11.0 Å². The summed E-state index contributed by atoms with van der Waals surface area (Å²) >= 11 is 0. The van der Waals surface area contributed by atoms with Gasteiger partial charge in [0.1, 0.15) is 5.69 Å². The number of likely N-dealkylation sites (tertiary alicyclic amines) is 2. The van der Waals surface area contributed by atoms with Crippen molar-refractivity contribution in [3.63, 3.8) is 0 Å². The Balaban J connectivity index is 1.54. The number of hydrogen-bond acceptors (Lipinski definition) is 4. The van der Waals surface area contributed by atoms with Crippen LogP contribution in [0.1, 0.15) is 45.7 Å². The minimum absolute atomic E-state index is 0.0304. The van der Waals surface area contributed by atoms with Crippen LogP contribution in [0, 0.1) is 11.3 Å². The molecule has 1 atom stereocenters. The van der Waals surface area contributed by atoms with Gasteiger partial charge in [0.15, 0.2) is 0 Å². The molecule has 0 radical (unpaired) electrons. The Morgan fingerprint density at radius 2 is 1.76 bits per heavy atom. The molecule has 3 aromatic rings. The maximum absolute atomic E-state index is 13.7. The minimum Gasteiger partial charge on any atom is -0.337 e. The Morgan fingerprint density at radius 3 is 2.43 bits per heavy atom. The molecule has 2 amide bonds. The van der Waals surface area contributed by atoms with Gasteiger partial charge < -0.3 is 19.3 Å². The van der Waals surface area contributed by atoms with E-state index < -0.39 is 5.92 Å². The molecule has 2 aliphatic rings. The molecule has 37 heavy (non-hydrogen) atoms. The fourth-order valence-electron chi connectivity index (χ4n) is 5.23. The fourth-order valence-corrected chi connectivity index (χ4v) is 5.23. The van der Waals surface area contributed by atoms with Crippen molar-refractivity contribution >= 4 is 22.7 Å². The molecule has 2 aromatic carbocycles. The van der Waals surface area contributed by atoms with Crippen LogP contribution >= 0.6 is 0 Å². The fraction of sp³-hybridized carbons (Fsp3) is 0.393. The molecule has 2 fully saturated rings. The third-order valence-electron chi connectivity index (χ3n) is 7.46. The quantitative estimate of drug-likeness (QED) is 0.534. The lowest BCUT2D eigenvalue weighted by Crippen LogP contribution is -2.43. The highest BCUT2D eigenvalue weighted by molar-refractivity contribution is 6.03. The minimum atomic E-state index is -2.76. The standard InChI is InChI=1S/C28H29F2N5O2/c1-32(2)23-8-11-34(18-23)26(36)20-6-7-24-21(15-20)16-25(27(37)33-12-9-28(29,30)10-13-33)35(24)22-5-3-4-19(14-22)17-31/h3-7,14-16,23H,8-13,18H2,1-2H3. The van der Waals surface area contributed by atoms with Crippen LogP contribution < -0.4 is 0 Å². The predicted molar refractivity (Wildman–Crippen MR) is 136 cm³/mol. The second-order valence-electron chi connectivity index (χ2n) is 10.1. The van der Waals surface area contributed by atoms with Crippen molar-refractivity contribution in [3.05, 3.63) is 65.4 Å². The Hall–Kier alpha value is -3.77. The van der Waals surface area contributed by atoms with Gasteiger partial charge in [0.2, 0.25) is 0 Å². The molecular weight excluding hydrogens is 476 g/mol. The van der Waals surface area contributed by atoms with E-state index >= 15 is 0 Å². The number of hydrogen-bond donors (Lipinski definition) is 0. The van der Waals surface area contributed by atoms with Crippen molar-refractivity contribution in [3.8, 4) is 11.8 Å². The lowest BCUT2D eigenvalue weighted by molar-refractivity contribution is -0.0495. The highest BCUT2D eigenvalue weighted by atomic mass is 19.3. The van der Waals surface area contributed by atoms with E-state index in [9.17, 15) is 23.6 Å². The Bertz CT molecular complexity index is 1400. The SMILES string of the molecule is CN(C)C1CCN(C(=O)c2ccc3c(c2)cc(C(=O)N2CCC(F)(F)CC2)n3-c2cccc(C#N)c2)C1. The third kappa shape index (κ3) is 4.81. The average molecular weight is 506 g/mol. The largest absolute Gasteiger partial charge is 0.337 e. The van der Waals surface area contributed by atoms with Crippen LogP contribution in [0.25, 0.3) is 16.6 Å². The number of aromatic nitrogens is 1. The molecule has 2 saturated heterocycles. The second kappa shape index (κ2) is 9.60. The van der Waals surface area contributed by atoms with E-state index in [-0.39, 0.29) is 37.7 Å². The third-order valence-corrected chi connectivity index (χ3v) is 7.46. The van der Waals surface area contributed by atoms with Gasteiger partial charge in [-0.25, -0.2) is 8.78 Å². The summed E-state index contributed by atoms with van der Waals surface area (Å²) in [7, 11) is 4.02. The molecule has 1 aromatic heterocycles. The van der Waals surface area contributed by atoms with Crippen LogP contribution in [0.5, 0.6) is 0 Å². The first kappa shape index (κ1) is 24.9. The van der Waals surface area contributed by atoms with Gasteiger partial charge in [-0.3, -0.25) is 9.59 Å². The molecule has 0 spiro atoms. The number of likely N-dealkylation sites (N-methyl/N-ethyl adjacent to an activating group) is 1. The second-order valence-corrected chi connectivity index (χ2v) is 10.1. The zero-order chi connectivity index (χ0) is 26.3. The van der Waals surface area contributed by atoms with Crippen molar-refractivity contribution in [2.24, 2.45) is 0 Å². The van der Waals surface area contributed by atoms with E-state index in [0.717, 1.165) is 6.42 Å². The number of carbonyl (C=O) groups excluding carboxylic acids is 2. The Kier molecular flexibility index (Phi) is 6.46. The number of alkyl halides is 2. The van der Waals surface area contributed by atoms with E-state index in [4.69, 9.17) is 0 Å². The van der Waals surface area contributed by atoms with Crippen molar-refractivity contribution in [1.29, 1.82) is 5.26 Å². The number of nitrogens with zero attached hydrogens (tertiary/aromatic N) is 5. The van der Waals surface area contributed by atoms with Crippen LogP contribution in [0.15, 0.2) is 48.5 Å². The summed E-state index contributed by atoms with van der Waals surface area (Å²) in [6.45, 7) is 1.29. The Labute approximate surface area is 214 Å². The van der Waals surface area contributed by atoms with E-state index in [1.807, 2.05) is 25.1 Å². The number of piperidine rings is 1. The molecule has 0 bridgehead atoms. The van der Waals surface area contributed by atoms with Crippen molar-refractivity contribution in [2.45, 2.75) is 31.2 Å². The lowest BCUT2D eigenvalue weighted by Gasteiger charge is -2.32. The van der Waals surface area contributed by atoms with Gasteiger partial charge in [0, 0.05) is 61.7 Å². The maximum atomic E-state index is 13.7. The molecule has 1 unspecified atom stereocenters. The molecule has 3 heterocycles. The average Bonchev–Trinajstić information content (AvgIpc) is 3.53. The molecule has 7 nitrogen and oxygen atoms in total. The summed E-state index contributed by atoms with van der Waals surface area (Å²) in [4.78, 5) is 32.3. The topological polar surface area (TPSA) is 72.6 Å². The number of rotatable bonds is 4. The summed E-state index contributed by atoms with van der Waals surface area (Å²) in [6.07, 6.45) is 0.177. The number of nitriles is 1. The highest BCUT2D eigenvalue weighted by Gasteiger charge is 2.37. The van der Waals surface area contributed by atoms with Gasteiger partial charge in [0.05, 0.1) is 17.1 Å². The maximum Gasteiger partial charge on any atom is 0.270 e. The first-order valence-corrected chi connectivity index (χ1v) is 12.5. The first-order chi connectivity index (χ1) is 17.7. The Morgan fingerprint density at radius 1 is 1.00 bits per heavy atom. The van der Waals surface area contributed by atoms with Crippen molar-refractivity contribution in [2.75, 3.05) is 40.3 Å². The number of halogens is 2. The van der Waals surface area contributed by atoms with Crippen molar-refractivity contribution in [1.82, 2.24) is 19.3 Å². The number of fused-ring (bicyclic) bond motifs is 1. The van der Waals surface area contributed by atoms with Crippen LogP contribution in [0.2, 0.25) is 0 Å². The highest BCUT2D eigenvalue weighted by Crippen LogP contribution is 2.31. The number of carbonyl (C=O) groups is 2. The normalized spacial score (nSPS) is 19.4. The summed E-state index contributed by atoms with van der Waals surface area (Å²) in [5.74, 6) is -3.17. The predicted octanol–water partition coefficient (Wildman–Crippen LogP) is 4.15. The van der Waals surface area contributed by atoms with Gasteiger partial charge in [-0.2, -0.15) is 5.26 Å². The number of amides is 2. The van der Waals surface area contributed by atoms with Gasteiger partial charge in [-0.15, -0.1) is 0 Å². The van der Waals surface area contributed by atoms with E-state index in [0.29, 0.717) is 52.5 Å². The summed E-state index contributed by atoms with van der Waals surface area (Å²) in [5.41, 5.74) is 2.60. The summed E-state index contributed by atoms with van der Waals surface area (Å²) in [5, 5.41) is 10.1. The van der Waals surface area contributed by atoms with Gasteiger partial charge in [-0.05, 0) is 63.0 Å². The summed E-state index contributed by atoms with van der Waals surface area (Å²) < 4.78 is 29.2. The van der Waals surface area contributed by atoms with Gasteiger partial charge >= 0.3 is 0 Å². The molecule has 2 aliphatic heterocycles. The molecule has 0 N–H and O–H groups in total. The van der Waals surface area contributed by atoms with Gasteiger partial charge in [0.25, 0.3) is 17.7 Å². The number of benzene rings is 2. The molecule has 192 valence electrons. The molecule has 5 rings (SSSR count). The van der Waals surface area contributed by atoms with E-state index in [1.54, 1.807) is 47.0 Å². The molecule has 0 saturated carbocycles. The van der Waals surface area contributed by atoms with Crippen molar-refractivity contribution < 1.29 is 18.4 Å². The van der Waals surface area contributed by atoms with Gasteiger partial charge in [-0.1, -0.05) is 6.07 Å². The van der Waals surface area contributed by atoms with Crippen LogP contribution in [-0.2, 0) is 0 Å². The molecule has 9 heteroatoms. The molecule has 0 aliphatic carbocycles. The molecular formula is C28H29F2N5O2. The zero-order valence-electron chi connectivity index (χ0n) is 21.0. The van der Waals surface area contributed by atoms with Crippen LogP contribution in [0.4, 0.5) is 8.78 Å². The zero-order valence-corrected chi connectivity index (χ0v) is 21.0.